The zero-order valence-corrected chi connectivity index (χ0v) is 31.0. The van der Waals surface area contributed by atoms with Crippen LogP contribution in [0.5, 0.6) is 0 Å². The van der Waals surface area contributed by atoms with E-state index in [0.717, 1.165) is 13.1 Å². The molecule has 0 fully saturated rings. The van der Waals surface area contributed by atoms with Crippen molar-refractivity contribution in [1.29, 1.82) is 0 Å². The molecule has 0 aliphatic carbocycles. The van der Waals surface area contributed by atoms with E-state index in [-0.39, 0.29) is 5.92 Å². The standard InChI is InChI=1S/C45H70N2/c1-5-7-9-11-13-15-17-19-21-26-34-46-41-30-32-43(38(3)36-41)45(40-28-24-23-25-29-40)44-33-31-42(37-39(44)4)47-35-27-22-20-18-16-14-12-10-8-6-2/h23-25,28-33,36-37,45-47H,5-22,26-27,34-35H2,1-4H3. The monoisotopic (exact) mass is 639 g/mol. The largest absolute Gasteiger partial charge is 0.385 e. The van der Waals surface area contributed by atoms with Gasteiger partial charge in [-0.2, -0.15) is 0 Å². The molecule has 2 nitrogen and oxygen atoms in total. The van der Waals surface area contributed by atoms with Gasteiger partial charge < -0.3 is 10.6 Å². The summed E-state index contributed by atoms with van der Waals surface area (Å²) in [4.78, 5) is 0. The summed E-state index contributed by atoms with van der Waals surface area (Å²) in [5, 5.41) is 7.43. The highest BCUT2D eigenvalue weighted by Crippen LogP contribution is 2.37. The molecule has 0 radical (unpaired) electrons. The minimum Gasteiger partial charge on any atom is -0.385 e. The van der Waals surface area contributed by atoms with E-state index in [1.807, 2.05) is 0 Å². The molecular formula is C45H70N2. The highest BCUT2D eigenvalue weighted by molar-refractivity contribution is 5.57. The Morgan fingerprint density at radius 3 is 1.15 bits per heavy atom. The molecule has 0 saturated heterocycles. The van der Waals surface area contributed by atoms with Gasteiger partial charge >= 0.3 is 0 Å². The second kappa shape index (κ2) is 24.4. The van der Waals surface area contributed by atoms with Gasteiger partial charge in [0.1, 0.15) is 0 Å². The van der Waals surface area contributed by atoms with E-state index in [9.17, 15) is 0 Å². The summed E-state index contributed by atoms with van der Waals surface area (Å²) in [5.74, 6) is 0.225. The third-order valence-corrected chi connectivity index (χ3v) is 10.0. The molecule has 0 heterocycles. The van der Waals surface area contributed by atoms with Crippen molar-refractivity contribution in [1.82, 2.24) is 0 Å². The average Bonchev–Trinajstić information content (AvgIpc) is 3.08. The maximum absolute atomic E-state index is 3.71. The number of rotatable bonds is 27. The molecule has 0 atom stereocenters. The SMILES string of the molecule is CCCCCCCCCCCCNc1ccc(C(c2ccccc2)c2ccc(NCCCCCCCCCCCC)cc2C)c(C)c1. The Hall–Kier alpha value is -2.74. The maximum Gasteiger partial charge on any atom is 0.0345 e. The van der Waals surface area contributed by atoms with Crippen LogP contribution in [0.25, 0.3) is 0 Å². The average molecular weight is 639 g/mol. The van der Waals surface area contributed by atoms with Crippen molar-refractivity contribution in [2.75, 3.05) is 23.7 Å². The van der Waals surface area contributed by atoms with Gasteiger partial charge in [0.05, 0.1) is 0 Å². The van der Waals surface area contributed by atoms with E-state index >= 15 is 0 Å². The summed E-state index contributed by atoms with van der Waals surface area (Å²) in [5.41, 5.74) is 9.36. The Kier molecular flexibility index (Phi) is 20.1. The van der Waals surface area contributed by atoms with Crippen LogP contribution in [0.4, 0.5) is 11.4 Å². The van der Waals surface area contributed by atoms with Gasteiger partial charge in [-0.3, -0.25) is 0 Å². The van der Waals surface area contributed by atoms with Crippen LogP contribution < -0.4 is 10.6 Å². The molecule has 3 aromatic rings. The Morgan fingerprint density at radius 2 is 0.787 bits per heavy atom. The van der Waals surface area contributed by atoms with Crippen LogP contribution in [0.3, 0.4) is 0 Å². The smallest absolute Gasteiger partial charge is 0.0345 e. The first-order valence-corrected chi connectivity index (χ1v) is 19.9. The fourth-order valence-electron chi connectivity index (χ4n) is 7.08. The van der Waals surface area contributed by atoms with Crippen LogP contribution >= 0.6 is 0 Å². The summed E-state index contributed by atoms with van der Waals surface area (Å²) in [6.45, 7) is 11.3. The molecule has 2 heteroatoms. The van der Waals surface area contributed by atoms with Gasteiger partial charge in [-0.1, -0.05) is 172 Å². The Balaban J connectivity index is 1.49. The Bertz CT molecular complexity index is 1120. The minimum atomic E-state index is 0.225. The summed E-state index contributed by atoms with van der Waals surface area (Å²) in [7, 11) is 0. The first-order chi connectivity index (χ1) is 23.1. The van der Waals surface area contributed by atoms with Crippen molar-refractivity contribution in [3.05, 3.63) is 94.5 Å². The van der Waals surface area contributed by atoms with E-state index < -0.39 is 0 Å². The molecule has 0 aliphatic rings. The lowest BCUT2D eigenvalue weighted by Crippen LogP contribution is -2.09. The van der Waals surface area contributed by atoms with Crippen LogP contribution in [0.1, 0.15) is 176 Å². The maximum atomic E-state index is 3.71. The second-order valence-electron chi connectivity index (χ2n) is 14.2. The highest BCUT2D eigenvalue weighted by atomic mass is 14.9. The Morgan fingerprint density at radius 1 is 0.426 bits per heavy atom. The van der Waals surface area contributed by atoms with Crippen LogP contribution in [0.15, 0.2) is 66.7 Å². The number of unbranched alkanes of at least 4 members (excludes halogenated alkanes) is 18. The first-order valence-electron chi connectivity index (χ1n) is 19.9. The van der Waals surface area contributed by atoms with Crippen LogP contribution in [-0.4, -0.2) is 13.1 Å². The molecule has 0 unspecified atom stereocenters. The number of anilines is 2. The van der Waals surface area contributed by atoms with Crippen molar-refractivity contribution in [3.63, 3.8) is 0 Å². The number of nitrogens with one attached hydrogen (secondary N) is 2. The predicted octanol–water partition coefficient (Wildman–Crippen LogP) is 14.1. The summed E-state index contributed by atoms with van der Waals surface area (Å²) in [6.07, 6.45) is 27.6. The normalized spacial score (nSPS) is 11.3. The minimum absolute atomic E-state index is 0.225. The molecular weight excluding hydrogens is 569 g/mol. The summed E-state index contributed by atoms with van der Waals surface area (Å²) < 4.78 is 0. The molecule has 0 amide bonds. The molecule has 260 valence electrons. The van der Waals surface area contributed by atoms with Gasteiger partial charge in [0.2, 0.25) is 0 Å². The Labute approximate surface area is 290 Å². The van der Waals surface area contributed by atoms with Gasteiger partial charge in [-0.25, -0.2) is 0 Å². The van der Waals surface area contributed by atoms with E-state index in [4.69, 9.17) is 0 Å². The molecule has 0 bridgehead atoms. The molecule has 2 N–H and O–H groups in total. The molecule has 0 spiro atoms. The molecule has 0 aliphatic heterocycles. The zero-order valence-electron chi connectivity index (χ0n) is 31.0. The van der Waals surface area contributed by atoms with Gasteiger partial charge in [0, 0.05) is 30.4 Å². The lowest BCUT2D eigenvalue weighted by atomic mass is 9.81. The van der Waals surface area contributed by atoms with Crippen molar-refractivity contribution in [3.8, 4) is 0 Å². The molecule has 3 aromatic carbocycles. The number of hydrogen-bond acceptors (Lipinski definition) is 2. The lowest BCUT2D eigenvalue weighted by molar-refractivity contribution is 0.560. The first kappa shape index (κ1) is 38.7. The third kappa shape index (κ3) is 15.4. The highest BCUT2D eigenvalue weighted by Gasteiger charge is 2.21. The van der Waals surface area contributed by atoms with E-state index in [1.165, 1.54) is 168 Å². The van der Waals surface area contributed by atoms with Gasteiger partial charge in [-0.15, -0.1) is 0 Å². The second-order valence-corrected chi connectivity index (χ2v) is 14.2. The van der Waals surface area contributed by atoms with Crippen molar-refractivity contribution in [2.45, 2.75) is 162 Å². The van der Waals surface area contributed by atoms with Gasteiger partial charge in [-0.05, 0) is 78.8 Å². The third-order valence-electron chi connectivity index (χ3n) is 10.0. The van der Waals surface area contributed by atoms with E-state index in [1.54, 1.807) is 0 Å². The van der Waals surface area contributed by atoms with Crippen molar-refractivity contribution < 1.29 is 0 Å². The molecule has 47 heavy (non-hydrogen) atoms. The van der Waals surface area contributed by atoms with Gasteiger partial charge in [0.25, 0.3) is 0 Å². The summed E-state index contributed by atoms with van der Waals surface area (Å²) in [6, 6.07) is 25.1. The molecule has 3 rings (SSSR count). The van der Waals surface area contributed by atoms with E-state index in [0.29, 0.717) is 0 Å². The fourth-order valence-corrected chi connectivity index (χ4v) is 7.08. The summed E-state index contributed by atoms with van der Waals surface area (Å²) >= 11 is 0. The number of hydrogen-bond donors (Lipinski definition) is 2. The molecule has 0 saturated carbocycles. The van der Waals surface area contributed by atoms with Gasteiger partial charge in [0.15, 0.2) is 0 Å². The lowest BCUT2D eigenvalue weighted by Gasteiger charge is -2.24. The van der Waals surface area contributed by atoms with E-state index in [2.05, 4.69) is 105 Å². The van der Waals surface area contributed by atoms with Crippen LogP contribution in [0, 0.1) is 13.8 Å². The number of aryl methyl sites for hydroxylation is 2. The van der Waals surface area contributed by atoms with Crippen molar-refractivity contribution >= 4 is 11.4 Å². The quantitative estimate of drug-likeness (QED) is 0.0641. The topological polar surface area (TPSA) is 24.1 Å². The van der Waals surface area contributed by atoms with Crippen LogP contribution in [0.2, 0.25) is 0 Å². The fraction of sp³-hybridized carbons (Fsp3) is 0.600. The van der Waals surface area contributed by atoms with Crippen LogP contribution in [-0.2, 0) is 0 Å². The molecule has 0 aromatic heterocycles. The predicted molar refractivity (Wildman–Crippen MR) is 210 cm³/mol. The number of benzene rings is 3. The van der Waals surface area contributed by atoms with Crippen molar-refractivity contribution in [2.24, 2.45) is 0 Å². The zero-order chi connectivity index (χ0) is 33.4.